The summed E-state index contributed by atoms with van der Waals surface area (Å²) in [4.78, 5) is 12.6. The van der Waals surface area contributed by atoms with Crippen LogP contribution in [0.3, 0.4) is 0 Å². The Bertz CT molecular complexity index is 396. The average molecular weight is 267 g/mol. The first kappa shape index (κ1) is 13.8. The predicted molar refractivity (Wildman–Crippen MR) is 72.6 cm³/mol. The molecule has 0 bridgehead atoms. The maximum Gasteiger partial charge on any atom is 0.322 e. The summed E-state index contributed by atoms with van der Waals surface area (Å²) < 4.78 is 10.5. The van der Waals surface area contributed by atoms with Crippen LogP contribution in [0.15, 0.2) is 0 Å². The van der Waals surface area contributed by atoms with Gasteiger partial charge < -0.3 is 20.1 Å². The van der Waals surface area contributed by atoms with Gasteiger partial charge in [0, 0.05) is 19.7 Å². The molecule has 2 heterocycles. The van der Waals surface area contributed by atoms with Gasteiger partial charge in [0.25, 0.3) is 0 Å². The highest BCUT2D eigenvalue weighted by molar-refractivity contribution is 5.35. The Morgan fingerprint density at radius 1 is 1.26 bits per heavy atom. The summed E-state index contributed by atoms with van der Waals surface area (Å²) in [5, 5.41) is 6.28. The van der Waals surface area contributed by atoms with Crippen LogP contribution in [0, 0.1) is 5.92 Å². The van der Waals surface area contributed by atoms with Crippen molar-refractivity contribution in [2.75, 3.05) is 44.0 Å². The molecule has 1 aliphatic rings. The molecule has 1 atom stereocenters. The van der Waals surface area contributed by atoms with Crippen molar-refractivity contribution in [3.63, 3.8) is 0 Å². The molecule has 1 aromatic heterocycles. The van der Waals surface area contributed by atoms with Crippen LogP contribution in [0.4, 0.5) is 11.9 Å². The summed E-state index contributed by atoms with van der Waals surface area (Å²) in [6, 6.07) is 0.313. The molecule has 1 saturated heterocycles. The van der Waals surface area contributed by atoms with Crippen LogP contribution < -0.4 is 15.4 Å². The molecular weight excluding hydrogens is 246 g/mol. The first-order valence-electron chi connectivity index (χ1n) is 6.67. The van der Waals surface area contributed by atoms with E-state index in [2.05, 4.69) is 25.6 Å². The van der Waals surface area contributed by atoms with E-state index in [9.17, 15) is 0 Å². The topological polar surface area (TPSA) is 81.2 Å². The zero-order chi connectivity index (χ0) is 13.5. The maximum atomic E-state index is 5.45. The normalized spacial score (nSPS) is 18.9. The van der Waals surface area contributed by atoms with E-state index in [-0.39, 0.29) is 0 Å². The van der Waals surface area contributed by atoms with Crippen molar-refractivity contribution in [3.05, 3.63) is 0 Å². The van der Waals surface area contributed by atoms with Crippen LogP contribution in [0.5, 0.6) is 6.01 Å². The quantitative estimate of drug-likeness (QED) is 0.800. The Kier molecular flexibility index (Phi) is 5.14. The second-order valence-corrected chi connectivity index (χ2v) is 4.46. The number of nitrogens with zero attached hydrogens (tertiary/aromatic N) is 3. The third-order valence-electron chi connectivity index (χ3n) is 2.94. The Hall–Kier alpha value is -1.63. The molecule has 1 fully saturated rings. The lowest BCUT2D eigenvalue weighted by atomic mass is 10.0. The van der Waals surface area contributed by atoms with Gasteiger partial charge in [-0.05, 0) is 25.7 Å². The van der Waals surface area contributed by atoms with Crippen molar-refractivity contribution in [2.45, 2.75) is 19.8 Å². The van der Waals surface area contributed by atoms with Gasteiger partial charge in [-0.15, -0.1) is 0 Å². The number of nitrogens with one attached hydrogen (secondary N) is 2. The molecule has 19 heavy (non-hydrogen) atoms. The molecule has 0 aliphatic carbocycles. The molecule has 106 valence electrons. The third kappa shape index (κ3) is 4.20. The highest BCUT2D eigenvalue weighted by Gasteiger charge is 2.14. The minimum Gasteiger partial charge on any atom is -0.467 e. The molecule has 7 heteroatoms. The van der Waals surface area contributed by atoms with Crippen molar-refractivity contribution in [1.82, 2.24) is 15.0 Å². The molecule has 0 saturated carbocycles. The number of hydrogen-bond acceptors (Lipinski definition) is 7. The number of rotatable bonds is 6. The van der Waals surface area contributed by atoms with Gasteiger partial charge in [-0.25, -0.2) is 0 Å². The van der Waals surface area contributed by atoms with Gasteiger partial charge in [0.2, 0.25) is 11.9 Å². The van der Waals surface area contributed by atoms with Crippen molar-refractivity contribution in [2.24, 2.45) is 5.92 Å². The number of hydrogen-bond donors (Lipinski definition) is 2. The summed E-state index contributed by atoms with van der Waals surface area (Å²) >= 11 is 0. The first-order chi connectivity index (χ1) is 9.31. The number of methoxy groups -OCH3 is 1. The fourth-order valence-corrected chi connectivity index (χ4v) is 1.97. The standard InChI is InChI=1S/C12H21N5O2/c1-3-13-10-15-11(17-12(16-10)18-2)14-7-9-5-4-6-19-8-9/h9H,3-8H2,1-2H3,(H2,13,14,15,16,17). The van der Waals surface area contributed by atoms with Crippen LogP contribution in [-0.4, -0.2) is 48.4 Å². The summed E-state index contributed by atoms with van der Waals surface area (Å²) in [5.41, 5.74) is 0. The van der Waals surface area contributed by atoms with Crippen molar-refractivity contribution in [1.29, 1.82) is 0 Å². The smallest absolute Gasteiger partial charge is 0.322 e. The molecule has 2 N–H and O–H groups in total. The predicted octanol–water partition coefficient (Wildman–Crippen LogP) is 1.15. The van der Waals surface area contributed by atoms with E-state index in [1.807, 2.05) is 6.92 Å². The monoisotopic (exact) mass is 267 g/mol. The fraction of sp³-hybridized carbons (Fsp3) is 0.750. The van der Waals surface area contributed by atoms with E-state index in [4.69, 9.17) is 9.47 Å². The Morgan fingerprint density at radius 2 is 2.05 bits per heavy atom. The maximum absolute atomic E-state index is 5.45. The van der Waals surface area contributed by atoms with E-state index in [0.29, 0.717) is 23.8 Å². The fourth-order valence-electron chi connectivity index (χ4n) is 1.97. The SMILES string of the molecule is CCNc1nc(NCC2CCCOC2)nc(OC)n1. The van der Waals surface area contributed by atoms with Crippen LogP contribution >= 0.6 is 0 Å². The molecule has 1 aromatic rings. The molecular formula is C12H21N5O2. The molecule has 0 radical (unpaired) electrons. The third-order valence-corrected chi connectivity index (χ3v) is 2.94. The molecule has 0 aromatic carbocycles. The van der Waals surface area contributed by atoms with Crippen LogP contribution in [-0.2, 0) is 4.74 Å². The van der Waals surface area contributed by atoms with E-state index < -0.39 is 0 Å². The van der Waals surface area contributed by atoms with Gasteiger partial charge in [-0.3, -0.25) is 0 Å². The lowest BCUT2D eigenvalue weighted by molar-refractivity contribution is 0.0594. The molecule has 1 aliphatic heterocycles. The van der Waals surface area contributed by atoms with Crippen molar-refractivity contribution >= 4 is 11.9 Å². The van der Waals surface area contributed by atoms with E-state index in [0.717, 1.165) is 32.7 Å². The Morgan fingerprint density at radius 3 is 2.68 bits per heavy atom. The molecule has 0 amide bonds. The molecule has 1 unspecified atom stereocenters. The minimum absolute atomic E-state index is 0.313. The second kappa shape index (κ2) is 7.08. The Balaban J connectivity index is 1.95. The summed E-state index contributed by atoms with van der Waals surface area (Å²) in [6.07, 6.45) is 2.30. The molecule has 7 nitrogen and oxygen atoms in total. The van der Waals surface area contributed by atoms with Crippen molar-refractivity contribution < 1.29 is 9.47 Å². The van der Waals surface area contributed by atoms with Gasteiger partial charge in [-0.2, -0.15) is 15.0 Å². The van der Waals surface area contributed by atoms with Gasteiger partial charge in [0.05, 0.1) is 13.7 Å². The van der Waals surface area contributed by atoms with Crippen LogP contribution in [0.1, 0.15) is 19.8 Å². The summed E-state index contributed by atoms with van der Waals surface area (Å²) in [6.45, 7) is 5.22. The van der Waals surface area contributed by atoms with Crippen LogP contribution in [0.25, 0.3) is 0 Å². The average Bonchev–Trinajstić information content (AvgIpc) is 2.46. The second-order valence-electron chi connectivity index (χ2n) is 4.46. The zero-order valence-corrected chi connectivity index (χ0v) is 11.5. The highest BCUT2D eigenvalue weighted by Crippen LogP contribution is 2.15. The van der Waals surface area contributed by atoms with Gasteiger partial charge >= 0.3 is 6.01 Å². The lowest BCUT2D eigenvalue weighted by Crippen LogP contribution is -2.25. The Labute approximate surface area is 113 Å². The summed E-state index contributed by atoms with van der Waals surface area (Å²) in [5.74, 6) is 1.57. The number of anilines is 2. The largest absolute Gasteiger partial charge is 0.467 e. The number of aromatic nitrogens is 3. The van der Waals surface area contributed by atoms with Crippen molar-refractivity contribution in [3.8, 4) is 6.01 Å². The zero-order valence-electron chi connectivity index (χ0n) is 11.5. The summed E-state index contributed by atoms with van der Waals surface area (Å²) in [7, 11) is 1.55. The van der Waals surface area contributed by atoms with Gasteiger partial charge in [0.15, 0.2) is 0 Å². The van der Waals surface area contributed by atoms with E-state index in [1.165, 1.54) is 6.42 Å². The van der Waals surface area contributed by atoms with E-state index >= 15 is 0 Å². The lowest BCUT2D eigenvalue weighted by Gasteiger charge is -2.22. The molecule has 2 rings (SSSR count). The van der Waals surface area contributed by atoms with Gasteiger partial charge in [0.1, 0.15) is 0 Å². The highest BCUT2D eigenvalue weighted by atomic mass is 16.5. The van der Waals surface area contributed by atoms with Crippen LogP contribution in [0.2, 0.25) is 0 Å². The minimum atomic E-state index is 0.313. The first-order valence-corrected chi connectivity index (χ1v) is 6.67. The van der Waals surface area contributed by atoms with Gasteiger partial charge in [-0.1, -0.05) is 0 Å². The molecule has 0 spiro atoms. The van der Waals surface area contributed by atoms with E-state index in [1.54, 1.807) is 7.11 Å². The number of ether oxygens (including phenoxy) is 2.